The molecule has 0 spiro atoms. The molecule has 2 aromatic rings. The number of ether oxygens (including phenoxy) is 2. The summed E-state index contributed by atoms with van der Waals surface area (Å²) < 4.78 is 10.5. The summed E-state index contributed by atoms with van der Waals surface area (Å²) in [4.78, 5) is 4.25. The number of benzene rings is 1. The van der Waals surface area contributed by atoms with Gasteiger partial charge in [0, 0.05) is 5.56 Å². The molecule has 0 atom stereocenters. The van der Waals surface area contributed by atoms with Gasteiger partial charge in [0.05, 0.1) is 14.2 Å². The summed E-state index contributed by atoms with van der Waals surface area (Å²) in [5.74, 6) is 1.32. The minimum absolute atomic E-state index is 0.455. The van der Waals surface area contributed by atoms with Crippen molar-refractivity contribution >= 4 is 21.5 Å². The molecule has 0 amide bonds. The summed E-state index contributed by atoms with van der Waals surface area (Å²) in [6.45, 7) is 1.96. The zero-order chi connectivity index (χ0) is 13.3. The zero-order valence-electron chi connectivity index (χ0n) is 10.5. The van der Waals surface area contributed by atoms with Crippen LogP contribution in [0.2, 0.25) is 0 Å². The Kier molecular flexibility index (Phi) is 3.29. The van der Waals surface area contributed by atoms with Crippen LogP contribution in [0.5, 0.6) is 11.5 Å². The molecular formula is C12H15N3O2S. The number of anilines is 2. The summed E-state index contributed by atoms with van der Waals surface area (Å²) in [6.07, 6.45) is 0. The highest BCUT2D eigenvalue weighted by atomic mass is 32.1. The summed E-state index contributed by atoms with van der Waals surface area (Å²) >= 11 is 1.27. The van der Waals surface area contributed by atoms with Crippen molar-refractivity contribution in [3.05, 3.63) is 17.7 Å². The van der Waals surface area contributed by atoms with Gasteiger partial charge >= 0.3 is 0 Å². The van der Waals surface area contributed by atoms with Crippen molar-refractivity contribution in [3.63, 3.8) is 0 Å². The highest BCUT2D eigenvalue weighted by Gasteiger charge is 2.15. The van der Waals surface area contributed by atoms with Gasteiger partial charge in [0.15, 0.2) is 16.6 Å². The molecule has 0 aliphatic rings. The number of hydrogen-bond acceptors (Lipinski definition) is 6. The maximum absolute atomic E-state index is 5.91. The fourth-order valence-electron chi connectivity index (χ4n) is 1.78. The molecule has 1 aromatic carbocycles. The Hall–Kier alpha value is -1.95. The third-order valence-corrected chi connectivity index (χ3v) is 3.37. The summed E-state index contributed by atoms with van der Waals surface area (Å²) in [5.41, 5.74) is 14.2. The topological polar surface area (TPSA) is 83.4 Å². The molecule has 5 nitrogen and oxygen atoms in total. The van der Waals surface area contributed by atoms with Gasteiger partial charge in [-0.05, 0) is 24.6 Å². The van der Waals surface area contributed by atoms with E-state index in [9.17, 15) is 0 Å². The second-order valence-corrected chi connectivity index (χ2v) is 4.85. The first-order valence-corrected chi connectivity index (χ1v) is 6.13. The molecule has 18 heavy (non-hydrogen) atoms. The van der Waals surface area contributed by atoms with E-state index in [0.29, 0.717) is 27.3 Å². The first kappa shape index (κ1) is 12.5. The highest BCUT2D eigenvalue weighted by molar-refractivity contribution is 7.19. The van der Waals surface area contributed by atoms with Crippen molar-refractivity contribution in [2.24, 2.45) is 0 Å². The van der Waals surface area contributed by atoms with Gasteiger partial charge in [-0.25, -0.2) is 4.98 Å². The van der Waals surface area contributed by atoms with Crippen LogP contribution in [0.3, 0.4) is 0 Å². The van der Waals surface area contributed by atoms with E-state index in [1.807, 2.05) is 19.1 Å². The van der Waals surface area contributed by atoms with E-state index in [2.05, 4.69) is 4.98 Å². The SMILES string of the molecule is COc1cc(C)c(-c2nc(N)sc2N)cc1OC. The third kappa shape index (κ3) is 2.06. The molecule has 2 rings (SSSR count). The quantitative estimate of drug-likeness (QED) is 0.889. The lowest BCUT2D eigenvalue weighted by molar-refractivity contribution is 0.355. The smallest absolute Gasteiger partial charge is 0.182 e. The van der Waals surface area contributed by atoms with Gasteiger partial charge in [-0.15, -0.1) is 0 Å². The molecule has 0 radical (unpaired) electrons. The standard InChI is InChI=1S/C12H15N3O2S/c1-6-4-8(16-2)9(17-3)5-7(6)10-11(13)18-12(14)15-10/h4-5H,13H2,1-3H3,(H2,14,15). The Labute approximate surface area is 109 Å². The Bertz CT molecular complexity index is 581. The van der Waals surface area contributed by atoms with Crippen LogP contribution in [0.25, 0.3) is 11.3 Å². The number of nitrogens with zero attached hydrogens (tertiary/aromatic N) is 1. The van der Waals surface area contributed by atoms with E-state index in [0.717, 1.165) is 11.1 Å². The molecule has 0 saturated carbocycles. The lowest BCUT2D eigenvalue weighted by atomic mass is 10.0. The molecular weight excluding hydrogens is 250 g/mol. The molecule has 1 heterocycles. The Morgan fingerprint density at radius 2 is 1.72 bits per heavy atom. The molecule has 0 unspecified atom stereocenters. The van der Waals surface area contributed by atoms with Gasteiger partial charge < -0.3 is 20.9 Å². The number of rotatable bonds is 3. The maximum Gasteiger partial charge on any atom is 0.182 e. The predicted molar refractivity (Wildman–Crippen MR) is 74.2 cm³/mol. The second kappa shape index (κ2) is 4.73. The second-order valence-electron chi connectivity index (χ2n) is 3.79. The average Bonchev–Trinajstić information content (AvgIpc) is 2.68. The highest BCUT2D eigenvalue weighted by Crippen LogP contribution is 2.39. The van der Waals surface area contributed by atoms with Crippen LogP contribution in [0.4, 0.5) is 10.1 Å². The number of hydrogen-bond donors (Lipinski definition) is 2. The van der Waals surface area contributed by atoms with E-state index in [1.54, 1.807) is 14.2 Å². The third-order valence-electron chi connectivity index (χ3n) is 2.66. The van der Waals surface area contributed by atoms with Crippen LogP contribution < -0.4 is 20.9 Å². The lowest BCUT2D eigenvalue weighted by Gasteiger charge is -2.11. The first-order valence-electron chi connectivity index (χ1n) is 5.31. The van der Waals surface area contributed by atoms with Gasteiger partial charge in [0.2, 0.25) is 0 Å². The van der Waals surface area contributed by atoms with Crippen LogP contribution in [0, 0.1) is 6.92 Å². The van der Waals surface area contributed by atoms with Crippen LogP contribution in [-0.2, 0) is 0 Å². The molecule has 1 aromatic heterocycles. The van der Waals surface area contributed by atoms with E-state index in [-0.39, 0.29) is 0 Å². The minimum Gasteiger partial charge on any atom is -0.493 e. The van der Waals surface area contributed by atoms with E-state index >= 15 is 0 Å². The van der Waals surface area contributed by atoms with Crippen LogP contribution >= 0.6 is 11.3 Å². The van der Waals surface area contributed by atoms with Crippen molar-refractivity contribution < 1.29 is 9.47 Å². The van der Waals surface area contributed by atoms with Crippen molar-refractivity contribution in [3.8, 4) is 22.8 Å². The van der Waals surface area contributed by atoms with Crippen molar-refractivity contribution in [1.29, 1.82) is 0 Å². The predicted octanol–water partition coefficient (Wildman–Crippen LogP) is 2.30. The number of nitrogen functional groups attached to an aromatic ring is 2. The van der Waals surface area contributed by atoms with Crippen molar-refractivity contribution in [2.45, 2.75) is 6.92 Å². The van der Waals surface area contributed by atoms with Gasteiger partial charge in [-0.3, -0.25) is 0 Å². The van der Waals surface area contributed by atoms with Gasteiger partial charge in [0.1, 0.15) is 10.7 Å². The molecule has 96 valence electrons. The Morgan fingerprint density at radius 3 is 2.22 bits per heavy atom. The zero-order valence-corrected chi connectivity index (χ0v) is 11.3. The monoisotopic (exact) mass is 265 g/mol. The van der Waals surface area contributed by atoms with Crippen molar-refractivity contribution in [2.75, 3.05) is 25.7 Å². The van der Waals surface area contributed by atoms with Crippen LogP contribution in [-0.4, -0.2) is 19.2 Å². The van der Waals surface area contributed by atoms with E-state index in [4.69, 9.17) is 20.9 Å². The molecule has 0 bridgehead atoms. The van der Waals surface area contributed by atoms with E-state index in [1.165, 1.54) is 11.3 Å². The maximum atomic E-state index is 5.91. The average molecular weight is 265 g/mol. The van der Waals surface area contributed by atoms with E-state index < -0.39 is 0 Å². The molecule has 0 aliphatic carbocycles. The number of nitrogens with two attached hydrogens (primary N) is 2. The van der Waals surface area contributed by atoms with Crippen LogP contribution in [0.1, 0.15) is 5.56 Å². The Balaban J connectivity index is 2.61. The van der Waals surface area contributed by atoms with Gasteiger partial charge in [0.25, 0.3) is 0 Å². The van der Waals surface area contributed by atoms with Crippen LogP contribution in [0.15, 0.2) is 12.1 Å². The molecule has 0 saturated heterocycles. The summed E-state index contributed by atoms with van der Waals surface area (Å²) in [6, 6.07) is 3.75. The lowest BCUT2D eigenvalue weighted by Crippen LogP contribution is -1.95. The number of methoxy groups -OCH3 is 2. The Morgan fingerprint density at radius 1 is 1.11 bits per heavy atom. The minimum atomic E-state index is 0.455. The van der Waals surface area contributed by atoms with Crippen molar-refractivity contribution in [1.82, 2.24) is 4.98 Å². The molecule has 0 aliphatic heterocycles. The number of thiazole rings is 1. The van der Waals surface area contributed by atoms with Gasteiger partial charge in [-0.2, -0.15) is 0 Å². The first-order chi connectivity index (χ1) is 8.56. The summed E-state index contributed by atoms with van der Waals surface area (Å²) in [7, 11) is 3.20. The number of aromatic nitrogens is 1. The number of aryl methyl sites for hydroxylation is 1. The molecule has 0 fully saturated rings. The molecule has 4 N–H and O–H groups in total. The summed E-state index contributed by atoms with van der Waals surface area (Å²) in [5, 5.41) is 1.06. The fraction of sp³-hybridized carbons (Fsp3) is 0.250. The largest absolute Gasteiger partial charge is 0.493 e. The van der Waals surface area contributed by atoms with Gasteiger partial charge in [-0.1, -0.05) is 11.3 Å². The fourth-order valence-corrected chi connectivity index (χ4v) is 2.39. The normalized spacial score (nSPS) is 10.4. The molecule has 6 heteroatoms.